The number of benzene rings is 1. The minimum Gasteiger partial charge on any atom is -0.491 e. The molecule has 2 N–H and O–H groups in total. The molecule has 1 atom stereocenters. The van der Waals surface area contributed by atoms with E-state index in [0.29, 0.717) is 12.6 Å². The lowest BCUT2D eigenvalue weighted by Crippen LogP contribution is -2.42. The summed E-state index contributed by atoms with van der Waals surface area (Å²) in [6.07, 6.45) is 0. The molecule has 1 aromatic carbocycles. The van der Waals surface area contributed by atoms with Crippen LogP contribution in [-0.4, -0.2) is 42.1 Å². The maximum absolute atomic E-state index is 6.10. The number of guanidine groups is 1. The lowest BCUT2D eigenvalue weighted by molar-refractivity contribution is 0.332. The predicted octanol–water partition coefficient (Wildman–Crippen LogP) is 1.48. The molecule has 2 aliphatic rings. The number of para-hydroxylation sites is 1. The quantitative estimate of drug-likeness (QED) is 0.616. The highest BCUT2D eigenvalue weighted by molar-refractivity contribution is 7.99. The van der Waals surface area contributed by atoms with Crippen LogP contribution in [0, 0.1) is 0 Å². The zero-order chi connectivity index (χ0) is 12.4. The molecule has 1 aromatic rings. The predicted molar refractivity (Wildman–Crippen MR) is 75.2 cm³/mol. The summed E-state index contributed by atoms with van der Waals surface area (Å²) in [6.45, 7) is 2.59. The van der Waals surface area contributed by atoms with Crippen LogP contribution in [0.5, 0.6) is 5.75 Å². The first kappa shape index (κ1) is 11.7. The van der Waals surface area contributed by atoms with Gasteiger partial charge in [0, 0.05) is 30.2 Å². The number of rotatable bonds is 1. The van der Waals surface area contributed by atoms with E-state index in [1.807, 2.05) is 30.0 Å². The van der Waals surface area contributed by atoms with Crippen molar-refractivity contribution in [3.8, 4) is 5.75 Å². The number of thioether (sulfide) groups is 1. The molecular formula is C13H17N3OS. The molecule has 2 heterocycles. The maximum Gasteiger partial charge on any atom is 0.192 e. The van der Waals surface area contributed by atoms with Crippen molar-refractivity contribution in [3.05, 3.63) is 29.8 Å². The number of nitrogens with zero attached hydrogens (tertiary/aromatic N) is 2. The van der Waals surface area contributed by atoms with E-state index >= 15 is 0 Å². The highest BCUT2D eigenvalue weighted by Gasteiger charge is 2.24. The second kappa shape index (κ2) is 5.10. The first-order chi connectivity index (χ1) is 8.84. The van der Waals surface area contributed by atoms with Crippen molar-refractivity contribution in [2.75, 3.05) is 31.2 Å². The van der Waals surface area contributed by atoms with Gasteiger partial charge in [-0.3, -0.25) is 0 Å². The van der Waals surface area contributed by atoms with Gasteiger partial charge < -0.3 is 15.4 Å². The summed E-state index contributed by atoms with van der Waals surface area (Å²) < 4.78 is 5.61. The molecule has 96 valence electrons. The summed E-state index contributed by atoms with van der Waals surface area (Å²) in [5, 5.41) is 0. The Morgan fingerprint density at radius 1 is 1.33 bits per heavy atom. The fourth-order valence-corrected chi connectivity index (χ4v) is 3.19. The fourth-order valence-electron chi connectivity index (χ4n) is 2.29. The van der Waals surface area contributed by atoms with Crippen LogP contribution < -0.4 is 10.5 Å². The Bertz CT molecular complexity index is 457. The Morgan fingerprint density at radius 3 is 2.94 bits per heavy atom. The van der Waals surface area contributed by atoms with Gasteiger partial charge in [-0.05, 0) is 6.07 Å². The first-order valence-corrected chi connectivity index (χ1v) is 7.38. The Hall–Kier alpha value is -1.36. The largest absolute Gasteiger partial charge is 0.491 e. The molecule has 5 heteroatoms. The Morgan fingerprint density at radius 2 is 2.11 bits per heavy atom. The zero-order valence-corrected chi connectivity index (χ0v) is 11.0. The molecule has 1 fully saturated rings. The van der Waals surface area contributed by atoms with Crippen LogP contribution in [0.1, 0.15) is 11.6 Å². The Labute approximate surface area is 111 Å². The average molecular weight is 263 g/mol. The van der Waals surface area contributed by atoms with Gasteiger partial charge in [0.25, 0.3) is 0 Å². The second-order valence-electron chi connectivity index (χ2n) is 4.45. The highest BCUT2D eigenvalue weighted by Crippen LogP contribution is 2.34. The van der Waals surface area contributed by atoms with Crippen molar-refractivity contribution < 1.29 is 4.74 Å². The van der Waals surface area contributed by atoms with Crippen LogP contribution >= 0.6 is 11.8 Å². The van der Waals surface area contributed by atoms with Crippen molar-refractivity contribution in [3.63, 3.8) is 0 Å². The third-order valence-electron chi connectivity index (χ3n) is 3.30. The van der Waals surface area contributed by atoms with Gasteiger partial charge in [0.05, 0.1) is 0 Å². The molecule has 18 heavy (non-hydrogen) atoms. The lowest BCUT2D eigenvalue weighted by atomic mass is 10.1. The second-order valence-corrected chi connectivity index (χ2v) is 5.68. The molecule has 4 nitrogen and oxygen atoms in total. The molecule has 1 unspecified atom stereocenters. The van der Waals surface area contributed by atoms with Crippen molar-refractivity contribution >= 4 is 17.7 Å². The topological polar surface area (TPSA) is 50.9 Å². The summed E-state index contributed by atoms with van der Waals surface area (Å²) in [6, 6.07) is 8.10. The van der Waals surface area contributed by atoms with Gasteiger partial charge in [-0.2, -0.15) is 11.8 Å². The van der Waals surface area contributed by atoms with Crippen LogP contribution in [0.3, 0.4) is 0 Å². The van der Waals surface area contributed by atoms with Crippen molar-refractivity contribution in [1.29, 1.82) is 0 Å². The van der Waals surface area contributed by atoms with Gasteiger partial charge in [-0.25, -0.2) is 4.99 Å². The van der Waals surface area contributed by atoms with Crippen molar-refractivity contribution in [2.24, 2.45) is 10.7 Å². The van der Waals surface area contributed by atoms with Gasteiger partial charge in [-0.1, -0.05) is 18.2 Å². The number of aliphatic imine (C=N–C) groups is 1. The minimum absolute atomic E-state index is 0.0516. The highest BCUT2D eigenvalue weighted by atomic mass is 32.2. The van der Waals surface area contributed by atoms with E-state index < -0.39 is 0 Å². The monoisotopic (exact) mass is 263 g/mol. The molecule has 0 amide bonds. The normalized spacial score (nSPS) is 23.7. The Balaban J connectivity index is 1.76. The smallest absolute Gasteiger partial charge is 0.192 e. The van der Waals surface area contributed by atoms with Gasteiger partial charge in [0.15, 0.2) is 5.96 Å². The van der Waals surface area contributed by atoms with E-state index in [1.165, 1.54) is 0 Å². The molecule has 0 bridgehead atoms. The Kier molecular flexibility index (Phi) is 3.32. The van der Waals surface area contributed by atoms with Crippen LogP contribution in [-0.2, 0) is 0 Å². The third kappa shape index (κ3) is 2.27. The molecule has 0 saturated carbocycles. The number of ether oxygens (including phenoxy) is 1. The SMILES string of the molecule is NC(=NC1COc2ccccc21)N1CCSCC1. The van der Waals surface area contributed by atoms with Crippen LogP contribution in [0.15, 0.2) is 29.3 Å². The van der Waals surface area contributed by atoms with E-state index in [0.717, 1.165) is 35.9 Å². The van der Waals surface area contributed by atoms with E-state index in [9.17, 15) is 0 Å². The van der Waals surface area contributed by atoms with Crippen LogP contribution in [0.25, 0.3) is 0 Å². The van der Waals surface area contributed by atoms with Crippen molar-refractivity contribution in [2.45, 2.75) is 6.04 Å². The van der Waals surface area contributed by atoms with Gasteiger partial charge in [-0.15, -0.1) is 0 Å². The summed E-state index contributed by atoms with van der Waals surface area (Å²) in [4.78, 5) is 6.79. The van der Waals surface area contributed by atoms with Gasteiger partial charge in [0.2, 0.25) is 0 Å². The standard InChI is InChI=1S/C13H17N3OS/c14-13(16-5-7-18-8-6-16)15-11-9-17-12-4-2-1-3-10(11)12/h1-4,11H,5-9H2,(H2,14,15). The number of hydrogen-bond acceptors (Lipinski definition) is 3. The molecule has 0 spiro atoms. The lowest BCUT2D eigenvalue weighted by Gasteiger charge is -2.27. The summed E-state index contributed by atoms with van der Waals surface area (Å²) in [7, 11) is 0. The van der Waals surface area contributed by atoms with Crippen LogP contribution in [0.2, 0.25) is 0 Å². The average Bonchev–Trinajstić information content (AvgIpc) is 2.83. The summed E-state index contributed by atoms with van der Waals surface area (Å²) in [5.41, 5.74) is 7.24. The third-order valence-corrected chi connectivity index (χ3v) is 4.24. The van der Waals surface area contributed by atoms with Crippen molar-refractivity contribution in [1.82, 2.24) is 4.90 Å². The summed E-state index contributed by atoms with van der Waals surface area (Å²) in [5.74, 6) is 3.86. The summed E-state index contributed by atoms with van der Waals surface area (Å²) >= 11 is 1.97. The molecule has 0 aliphatic carbocycles. The number of fused-ring (bicyclic) bond motifs is 1. The first-order valence-electron chi connectivity index (χ1n) is 6.22. The minimum atomic E-state index is 0.0516. The number of hydrogen-bond donors (Lipinski definition) is 1. The van der Waals surface area contributed by atoms with E-state index in [4.69, 9.17) is 10.5 Å². The molecule has 2 aliphatic heterocycles. The van der Waals surface area contributed by atoms with Crippen LogP contribution in [0.4, 0.5) is 0 Å². The molecule has 3 rings (SSSR count). The fraction of sp³-hybridized carbons (Fsp3) is 0.462. The van der Waals surface area contributed by atoms with Gasteiger partial charge in [0.1, 0.15) is 18.4 Å². The van der Waals surface area contributed by atoms with Gasteiger partial charge >= 0.3 is 0 Å². The van der Waals surface area contributed by atoms with E-state index in [1.54, 1.807) is 0 Å². The van der Waals surface area contributed by atoms with E-state index in [2.05, 4.69) is 16.0 Å². The molecule has 0 aromatic heterocycles. The van der Waals surface area contributed by atoms with E-state index in [-0.39, 0.29) is 6.04 Å². The zero-order valence-electron chi connectivity index (χ0n) is 10.2. The molecule has 0 radical (unpaired) electrons. The molecular weight excluding hydrogens is 246 g/mol. The number of nitrogens with two attached hydrogens (primary N) is 1. The molecule has 1 saturated heterocycles. The maximum atomic E-state index is 6.10.